The zero-order chi connectivity index (χ0) is 15.6. The molecule has 0 aromatic heterocycles. The average molecular weight is 317 g/mol. The van der Waals surface area contributed by atoms with Gasteiger partial charge in [-0.2, -0.15) is 13.2 Å². The summed E-state index contributed by atoms with van der Waals surface area (Å²) in [5, 5.41) is 11.9. The number of benzene rings is 1. The predicted octanol–water partition coefficient (Wildman–Crippen LogP) is 1.06. The maximum atomic E-state index is 12.6. The minimum atomic E-state index is -4.49. The van der Waals surface area contributed by atoms with Crippen molar-refractivity contribution in [3.05, 3.63) is 29.8 Å². The van der Waals surface area contributed by atoms with E-state index in [1.807, 2.05) is 0 Å². The molecule has 1 aromatic rings. The number of amides is 1. The summed E-state index contributed by atoms with van der Waals surface area (Å²) in [5.74, 6) is -1.95. The quantitative estimate of drug-likeness (QED) is 0.904. The monoisotopic (exact) mass is 317 g/mol. The molecule has 1 amide bonds. The Labute approximate surface area is 121 Å². The van der Waals surface area contributed by atoms with Gasteiger partial charge in [-0.15, -0.1) is 0 Å². The van der Waals surface area contributed by atoms with Gasteiger partial charge >= 0.3 is 6.18 Å². The molecule has 2 rings (SSSR count). The summed E-state index contributed by atoms with van der Waals surface area (Å²) in [5.41, 5.74) is -0.841. The van der Waals surface area contributed by atoms with E-state index < -0.39 is 35.3 Å². The van der Waals surface area contributed by atoms with E-state index in [2.05, 4.69) is 10.3 Å². The molecule has 0 aliphatic carbocycles. The molecule has 1 aliphatic rings. The van der Waals surface area contributed by atoms with Crippen LogP contribution in [0.1, 0.15) is 12.0 Å². The summed E-state index contributed by atoms with van der Waals surface area (Å²) < 4.78 is 37.7. The molecule has 1 atom stereocenters. The summed E-state index contributed by atoms with van der Waals surface area (Å²) in [6, 6.07) is 4.29. The van der Waals surface area contributed by atoms with E-state index in [0.717, 1.165) is 23.9 Å². The number of aliphatic carboxylic acids is 1. The highest BCUT2D eigenvalue weighted by Gasteiger charge is 2.32. The Morgan fingerprint density at radius 3 is 2.76 bits per heavy atom. The van der Waals surface area contributed by atoms with Gasteiger partial charge in [0.2, 0.25) is 5.91 Å². The van der Waals surface area contributed by atoms with E-state index in [1.54, 1.807) is 0 Å². The second kappa shape index (κ2) is 5.76. The lowest BCUT2D eigenvalue weighted by molar-refractivity contribution is -0.305. The van der Waals surface area contributed by atoms with Gasteiger partial charge in [-0.1, -0.05) is 17.8 Å². The Morgan fingerprint density at radius 2 is 2.14 bits per heavy atom. The SMILES string of the molecule is O=C([O-])CC1SC(=Nc2cccc(C(F)(F)F)c2)NC1=O. The summed E-state index contributed by atoms with van der Waals surface area (Å²) in [6.07, 6.45) is -4.97. The largest absolute Gasteiger partial charge is 0.550 e. The lowest BCUT2D eigenvalue weighted by Gasteiger charge is -2.06. The van der Waals surface area contributed by atoms with E-state index in [0.29, 0.717) is 0 Å². The molecule has 5 nitrogen and oxygen atoms in total. The second-order valence-electron chi connectivity index (χ2n) is 4.14. The molecule has 1 unspecified atom stereocenters. The number of nitrogens with zero attached hydrogens (tertiary/aromatic N) is 1. The van der Waals surface area contributed by atoms with Gasteiger partial charge in [0.1, 0.15) is 0 Å². The van der Waals surface area contributed by atoms with Crippen molar-refractivity contribution in [2.75, 3.05) is 0 Å². The van der Waals surface area contributed by atoms with E-state index in [-0.39, 0.29) is 10.9 Å². The minimum Gasteiger partial charge on any atom is -0.550 e. The number of rotatable bonds is 3. The molecule has 112 valence electrons. The maximum absolute atomic E-state index is 12.6. The van der Waals surface area contributed by atoms with Crippen molar-refractivity contribution in [1.29, 1.82) is 0 Å². The molecule has 1 aromatic carbocycles. The van der Waals surface area contributed by atoms with Crippen LogP contribution in [0.25, 0.3) is 0 Å². The first-order valence-electron chi connectivity index (χ1n) is 5.69. The third kappa shape index (κ3) is 3.97. The number of carboxylic acid groups (broad SMARTS) is 1. The van der Waals surface area contributed by atoms with Gasteiger partial charge in [-0.3, -0.25) is 4.79 Å². The van der Waals surface area contributed by atoms with Crippen LogP contribution in [0.2, 0.25) is 0 Å². The van der Waals surface area contributed by atoms with E-state index >= 15 is 0 Å². The lowest BCUT2D eigenvalue weighted by Crippen LogP contribution is -2.31. The van der Waals surface area contributed by atoms with Crippen molar-refractivity contribution >= 4 is 34.5 Å². The molecular weight excluding hydrogens is 309 g/mol. The number of carbonyl (C=O) groups excluding carboxylic acids is 2. The van der Waals surface area contributed by atoms with E-state index in [9.17, 15) is 27.9 Å². The van der Waals surface area contributed by atoms with Crippen molar-refractivity contribution in [1.82, 2.24) is 5.32 Å². The fourth-order valence-electron chi connectivity index (χ4n) is 1.61. The molecule has 0 radical (unpaired) electrons. The fraction of sp³-hybridized carbons (Fsp3) is 0.250. The molecule has 0 bridgehead atoms. The zero-order valence-electron chi connectivity index (χ0n) is 10.3. The normalized spacial score (nSPS) is 20.6. The van der Waals surface area contributed by atoms with Crippen LogP contribution >= 0.6 is 11.8 Å². The third-order valence-electron chi connectivity index (χ3n) is 2.53. The first-order valence-corrected chi connectivity index (χ1v) is 6.57. The van der Waals surface area contributed by atoms with Gasteiger partial charge in [-0.25, -0.2) is 4.99 Å². The van der Waals surface area contributed by atoms with Crippen LogP contribution in [0, 0.1) is 0 Å². The summed E-state index contributed by atoms with van der Waals surface area (Å²) in [6.45, 7) is 0. The van der Waals surface area contributed by atoms with Crippen molar-refractivity contribution < 1.29 is 27.9 Å². The Bertz CT molecular complexity index is 616. The van der Waals surface area contributed by atoms with Gasteiger partial charge in [0.05, 0.1) is 16.5 Å². The number of thioether (sulfide) groups is 1. The number of alkyl halides is 3. The highest BCUT2D eigenvalue weighted by molar-refractivity contribution is 8.15. The average Bonchev–Trinajstić information content (AvgIpc) is 2.68. The molecule has 0 saturated carbocycles. The number of hydrogen-bond donors (Lipinski definition) is 1. The summed E-state index contributed by atoms with van der Waals surface area (Å²) >= 11 is 0.843. The van der Waals surface area contributed by atoms with Crippen LogP contribution in [0.15, 0.2) is 29.3 Å². The van der Waals surface area contributed by atoms with Gasteiger partial charge in [-0.05, 0) is 18.2 Å². The first-order chi connectivity index (χ1) is 9.75. The van der Waals surface area contributed by atoms with Gasteiger partial charge in [0.25, 0.3) is 0 Å². The zero-order valence-corrected chi connectivity index (χ0v) is 11.1. The number of aliphatic imine (C=N–C) groups is 1. The third-order valence-corrected chi connectivity index (χ3v) is 3.61. The van der Waals surface area contributed by atoms with Gasteiger partial charge < -0.3 is 15.2 Å². The van der Waals surface area contributed by atoms with Crippen LogP contribution in [-0.2, 0) is 15.8 Å². The van der Waals surface area contributed by atoms with Crippen LogP contribution in [0.3, 0.4) is 0 Å². The van der Waals surface area contributed by atoms with E-state index in [4.69, 9.17) is 0 Å². The molecule has 9 heteroatoms. The van der Waals surface area contributed by atoms with Crippen molar-refractivity contribution in [3.8, 4) is 0 Å². The number of hydrogen-bond acceptors (Lipinski definition) is 5. The Kier molecular flexibility index (Phi) is 4.21. The molecule has 1 N–H and O–H groups in total. The summed E-state index contributed by atoms with van der Waals surface area (Å²) in [4.78, 5) is 25.8. The number of nitrogens with one attached hydrogen (secondary N) is 1. The molecule has 1 heterocycles. The second-order valence-corrected chi connectivity index (χ2v) is 5.33. The van der Waals surface area contributed by atoms with Gasteiger partial charge in [0.15, 0.2) is 5.17 Å². The van der Waals surface area contributed by atoms with Crippen molar-refractivity contribution in [2.45, 2.75) is 17.8 Å². The van der Waals surface area contributed by atoms with Crippen molar-refractivity contribution in [2.24, 2.45) is 4.99 Å². The number of carbonyl (C=O) groups is 2. The molecule has 21 heavy (non-hydrogen) atoms. The first kappa shape index (κ1) is 15.4. The molecule has 1 fully saturated rings. The summed E-state index contributed by atoms with van der Waals surface area (Å²) in [7, 11) is 0. The molecule has 0 spiro atoms. The highest BCUT2D eigenvalue weighted by atomic mass is 32.2. The number of halogens is 3. The van der Waals surface area contributed by atoms with Crippen LogP contribution < -0.4 is 10.4 Å². The molecule has 1 saturated heterocycles. The highest BCUT2D eigenvalue weighted by Crippen LogP contribution is 2.32. The Hall–Kier alpha value is -2.03. The minimum absolute atomic E-state index is 0.0155. The van der Waals surface area contributed by atoms with Crippen LogP contribution in [0.5, 0.6) is 0 Å². The number of carboxylic acids is 1. The van der Waals surface area contributed by atoms with Crippen molar-refractivity contribution in [3.63, 3.8) is 0 Å². The number of amidine groups is 1. The maximum Gasteiger partial charge on any atom is 0.416 e. The van der Waals surface area contributed by atoms with E-state index in [1.165, 1.54) is 12.1 Å². The molecular formula is C12H8F3N2O3S-. The predicted molar refractivity (Wildman–Crippen MR) is 67.7 cm³/mol. The standard InChI is InChI=1S/C12H9F3N2O3S/c13-12(14,15)6-2-1-3-7(4-6)16-11-17-10(20)8(21-11)5-9(18)19/h1-4,8H,5H2,(H,18,19)(H,16,17,20)/p-1. The van der Waals surface area contributed by atoms with Gasteiger partial charge in [0, 0.05) is 12.4 Å². The molecule has 1 aliphatic heterocycles. The fourth-order valence-corrected chi connectivity index (χ4v) is 2.59. The van der Waals surface area contributed by atoms with Crippen LogP contribution in [0.4, 0.5) is 18.9 Å². The Balaban J connectivity index is 2.18. The lowest BCUT2D eigenvalue weighted by atomic mass is 10.2. The Morgan fingerprint density at radius 1 is 1.43 bits per heavy atom. The van der Waals surface area contributed by atoms with Crippen LogP contribution in [-0.4, -0.2) is 22.3 Å². The smallest absolute Gasteiger partial charge is 0.416 e. The topological polar surface area (TPSA) is 81.6 Å².